The molecule has 2 amide bonds. The van der Waals surface area contributed by atoms with E-state index in [9.17, 15) is 14.0 Å². The summed E-state index contributed by atoms with van der Waals surface area (Å²) in [6.07, 6.45) is 0. The highest BCUT2D eigenvalue weighted by Gasteiger charge is 2.17. The van der Waals surface area contributed by atoms with Crippen LogP contribution in [0.4, 0.5) is 15.2 Å². The third-order valence-corrected chi connectivity index (χ3v) is 4.74. The minimum Gasteiger partial charge on any atom is -0.321 e. The van der Waals surface area contributed by atoms with Gasteiger partial charge in [-0.3, -0.25) is 14.9 Å². The molecular weight excluding hydrogens is 377 g/mol. The first-order valence-electron chi connectivity index (χ1n) is 7.53. The maximum Gasteiger partial charge on any atom is 0.267 e. The molecule has 0 bridgehead atoms. The van der Waals surface area contributed by atoms with Gasteiger partial charge in [-0.1, -0.05) is 29.0 Å². The Morgan fingerprint density at radius 2 is 1.81 bits per heavy atom. The van der Waals surface area contributed by atoms with Crippen molar-refractivity contribution < 1.29 is 14.0 Å². The van der Waals surface area contributed by atoms with Crippen LogP contribution in [0.5, 0.6) is 0 Å². The normalized spacial score (nSPS) is 10.4. The SMILES string of the molecule is Cc1nc(NC(=O)c2cccc(F)c2)sc1C(=O)Nc1ccc(Cl)cc1. The Morgan fingerprint density at radius 3 is 2.50 bits per heavy atom. The molecule has 5 nitrogen and oxygen atoms in total. The predicted octanol–water partition coefficient (Wildman–Crippen LogP) is 4.75. The predicted molar refractivity (Wildman–Crippen MR) is 101 cm³/mol. The molecule has 0 aliphatic heterocycles. The van der Waals surface area contributed by atoms with Gasteiger partial charge in [0.2, 0.25) is 0 Å². The maximum atomic E-state index is 13.2. The lowest BCUT2D eigenvalue weighted by Crippen LogP contribution is -2.11. The lowest BCUT2D eigenvalue weighted by atomic mass is 10.2. The van der Waals surface area contributed by atoms with Crippen LogP contribution < -0.4 is 10.6 Å². The standard InChI is InChI=1S/C18H13ClFN3O2S/c1-10-15(17(25)22-14-7-5-12(19)6-8-14)26-18(21-10)23-16(24)11-3-2-4-13(20)9-11/h2-9H,1H3,(H,22,25)(H,21,23,24). The van der Waals surface area contributed by atoms with Gasteiger partial charge in [0.15, 0.2) is 5.13 Å². The first-order valence-corrected chi connectivity index (χ1v) is 8.73. The van der Waals surface area contributed by atoms with E-state index in [2.05, 4.69) is 15.6 Å². The first-order chi connectivity index (χ1) is 12.4. The maximum absolute atomic E-state index is 13.2. The van der Waals surface area contributed by atoms with E-state index in [-0.39, 0.29) is 16.6 Å². The summed E-state index contributed by atoms with van der Waals surface area (Å²) >= 11 is 6.86. The molecule has 0 saturated heterocycles. The average molecular weight is 390 g/mol. The van der Waals surface area contributed by atoms with Crippen LogP contribution in [-0.4, -0.2) is 16.8 Å². The molecule has 0 saturated carbocycles. The molecule has 0 radical (unpaired) electrons. The number of nitrogens with one attached hydrogen (secondary N) is 2. The van der Waals surface area contributed by atoms with Crippen molar-refractivity contribution in [1.29, 1.82) is 0 Å². The van der Waals surface area contributed by atoms with Crippen molar-refractivity contribution >= 4 is 45.6 Å². The van der Waals surface area contributed by atoms with Crippen LogP contribution in [0, 0.1) is 12.7 Å². The molecule has 3 aromatic rings. The van der Waals surface area contributed by atoms with Gasteiger partial charge in [-0.15, -0.1) is 0 Å². The Morgan fingerprint density at radius 1 is 1.08 bits per heavy atom. The first kappa shape index (κ1) is 18.0. The molecule has 2 aromatic carbocycles. The van der Waals surface area contributed by atoms with Gasteiger partial charge in [0.25, 0.3) is 11.8 Å². The second-order valence-corrected chi connectivity index (χ2v) is 6.79. The molecule has 1 heterocycles. The van der Waals surface area contributed by atoms with E-state index in [1.807, 2.05) is 0 Å². The quantitative estimate of drug-likeness (QED) is 0.676. The molecule has 26 heavy (non-hydrogen) atoms. The lowest BCUT2D eigenvalue weighted by Gasteiger charge is -2.03. The van der Waals surface area contributed by atoms with E-state index < -0.39 is 11.7 Å². The second kappa shape index (κ2) is 7.63. The Labute approximate surface area is 157 Å². The Balaban J connectivity index is 1.73. The number of amides is 2. The van der Waals surface area contributed by atoms with Crippen molar-refractivity contribution in [1.82, 2.24) is 4.98 Å². The van der Waals surface area contributed by atoms with E-state index >= 15 is 0 Å². The van der Waals surface area contributed by atoms with Crippen molar-refractivity contribution in [2.75, 3.05) is 10.6 Å². The van der Waals surface area contributed by atoms with Crippen molar-refractivity contribution in [3.63, 3.8) is 0 Å². The number of carbonyl (C=O) groups is 2. The van der Waals surface area contributed by atoms with Crippen molar-refractivity contribution in [2.45, 2.75) is 6.92 Å². The highest BCUT2D eigenvalue weighted by Crippen LogP contribution is 2.24. The van der Waals surface area contributed by atoms with Gasteiger partial charge in [-0.2, -0.15) is 0 Å². The number of hydrogen-bond acceptors (Lipinski definition) is 4. The number of hydrogen-bond donors (Lipinski definition) is 2. The molecule has 0 atom stereocenters. The molecule has 0 aliphatic carbocycles. The summed E-state index contributed by atoms with van der Waals surface area (Å²) in [5, 5.41) is 6.15. The van der Waals surface area contributed by atoms with Gasteiger partial charge in [-0.05, 0) is 49.4 Å². The van der Waals surface area contributed by atoms with Crippen molar-refractivity contribution in [2.24, 2.45) is 0 Å². The molecule has 0 spiro atoms. The summed E-state index contributed by atoms with van der Waals surface area (Å²) in [7, 11) is 0. The van der Waals surface area contributed by atoms with Crippen molar-refractivity contribution in [3.05, 3.63) is 75.5 Å². The van der Waals surface area contributed by atoms with Crippen molar-refractivity contribution in [3.8, 4) is 0 Å². The number of halogens is 2. The van der Waals surface area contributed by atoms with Gasteiger partial charge in [-0.25, -0.2) is 9.37 Å². The minimum absolute atomic E-state index is 0.171. The number of anilines is 2. The zero-order chi connectivity index (χ0) is 18.7. The Bertz CT molecular complexity index is 973. The van der Waals surface area contributed by atoms with Gasteiger partial charge < -0.3 is 5.32 Å². The fourth-order valence-electron chi connectivity index (χ4n) is 2.18. The highest BCUT2D eigenvalue weighted by atomic mass is 35.5. The molecule has 1 aromatic heterocycles. The molecular formula is C18H13ClFN3O2S. The van der Waals surface area contributed by atoms with Crippen LogP contribution in [0.25, 0.3) is 0 Å². The largest absolute Gasteiger partial charge is 0.321 e. The molecule has 0 unspecified atom stereocenters. The van der Waals surface area contributed by atoms with E-state index in [1.165, 1.54) is 18.2 Å². The van der Waals surface area contributed by atoms with Crippen LogP contribution in [-0.2, 0) is 0 Å². The number of benzene rings is 2. The Kier molecular flexibility index (Phi) is 5.29. The average Bonchev–Trinajstić information content (AvgIpc) is 2.97. The fourth-order valence-corrected chi connectivity index (χ4v) is 3.16. The van der Waals surface area contributed by atoms with Crippen LogP contribution in [0.3, 0.4) is 0 Å². The van der Waals surface area contributed by atoms with E-state index in [4.69, 9.17) is 11.6 Å². The van der Waals surface area contributed by atoms with Crippen LogP contribution >= 0.6 is 22.9 Å². The number of aromatic nitrogens is 1. The molecule has 8 heteroatoms. The zero-order valence-corrected chi connectivity index (χ0v) is 15.1. The highest BCUT2D eigenvalue weighted by molar-refractivity contribution is 7.17. The summed E-state index contributed by atoms with van der Waals surface area (Å²) < 4.78 is 13.2. The minimum atomic E-state index is -0.504. The van der Waals surface area contributed by atoms with Gasteiger partial charge in [0.1, 0.15) is 10.7 Å². The summed E-state index contributed by atoms with van der Waals surface area (Å²) in [5.41, 5.74) is 1.25. The lowest BCUT2D eigenvalue weighted by molar-refractivity contribution is 0.101. The van der Waals surface area contributed by atoms with E-state index in [1.54, 1.807) is 31.2 Å². The zero-order valence-electron chi connectivity index (χ0n) is 13.5. The van der Waals surface area contributed by atoms with E-state index in [0.717, 1.165) is 17.4 Å². The molecule has 0 fully saturated rings. The number of rotatable bonds is 4. The second-order valence-electron chi connectivity index (χ2n) is 5.36. The molecule has 0 aliphatic rings. The molecule has 3 rings (SSSR count). The monoisotopic (exact) mass is 389 g/mol. The third-order valence-electron chi connectivity index (χ3n) is 3.41. The summed E-state index contributed by atoms with van der Waals surface area (Å²) in [6, 6.07) is 12.0. The van der Waals surface area contributed by atoms with Crippen LogP contribution in [0.15, 0.2) is 48.5 Å². The topological polar surface area (TPSA) is 71.1 Å². The van der Waals surface area contributed by atoms with Crippen LogP contribution in [0.2, 0.25) is 5.02 Å². The van der Waals surface area contributed by atoms with Gasteiger partial charge >= 0.3 is 0 Å². The van der Waals surface area contributed by atoms with Gasteiger partial charge in [0, 0.05) is 16.3 Å². The summed E-state index contributed by atoms with van der Waals surface area (Å²) in [4.78, 5) is 29.1. The third kappa shape index (κ3) is 4.25. The number of aryl methyl sites for hydroxylation is 1. The van der Waals surface area contributed by atoms with Gasteiger partial charge in [0.05, 0.1) is 5.69 Å². The molecule has 2 N–H and O–H groups in total. The van der Waals surface area contributed by atoms with Crippen LogP contribution in [0.1, 0.15) is 25.7 Å². The summed E-state index contributed by atoms with van der Waals surface area (Å²) in [6.45, 7) is 1.67. The smallest absolute Gasteiger partial charge is 0.267 e. The Hall–Kier alpha value is -2.77. The summed E-state index contributed by atoms with van der Waals surface area (Å²) in [5.74, 6) is -1.34. The molecule has 132 valence electrons. The number of thiazole rings is 1. The fraction of sp³-hybridized carbons (Fsp3) is 0.0556. The number of nitrogens with zero attached hydrogens (tertiary/aromatic N) is 1. The van der Waals surface area contributed by atoms with E-state index in [0.29, 0.717) is 21.3 Å². The number of carbonyl (C=O) groups excluding carboxylic acids is 2.